The summed E-state index contributed by atoms with van der Waals surface area (Å²) >= 11 is 0. The van der Waals surface area contributed by atoms with Gasteiger partial charge in [0.25, 0.3) is 5.56 Å². The number of rotatable bonds is 5. The standard InChI is InChI=1S/C11H15N3O5/c1-3-7(10(17)18)13(2)9(16)6-14-5-4-8(15)12-11(14)19/h4-5,7H,3,6H2,1-2H3,(H,17,18)(H,12,15,19). The van der Waals surface area contributed by atoms with Gasteiger partial charge in [-0.25, -0.2) is 9.59 Å². The molecule has 0 saturated heterocycles. The SMILES string of the molecule is CCC(C(=O)O)N(C)C(=O)Cn1ccc(=O)[nH]c1=O. The Morgan fingerprint density at radius 1 is 1.47 bits per heavy atom. The molecule has 0 aliphatic rings. The Bertz CT molecular complexity index is 588. The van der Waals surface area contributed by atoms with Gasteiger partial charge in [0.15, 0.2) is 0 Å². The maximum atomic E-state index is 11.9. The summed E-state index contributed by atoms with van der Waals surface area (Å²) < 4.78 is 1.01. The molecule has 0 saturated carbocycles. The normalized spacial score (nSPS) is 11.9. The predicted molar refractivity (Wildman–Crippen MR) is 65.8 cm³/mol. The molecule has 1 rings (SSSR count). The topological polar surface area (TPSA) is 112 Å². The molecule has 19 heavy (non-hydrogen) atoms. The number of aromatic nitrogens is 2. The molecule has 0 aromatic carbocycles. The summed E-state index contributed by atoms with van der Waals surface area (Å²) in [6, 6.07) is 0.175. The second-order valence-electron chi connectivity index (χ2n) is 4.00. The molecule has 1 unspecified atom stereocenters. The first-order valence-electron chi connectivity index (χ1n) is 5.65. The molecule has 1 amide bonds. The number of likely N-dealkylation sites (N-methyl/N-ethyl adjacent to an activating group) is 1. The van der Waals surface area contributed by atoms with Crippen LogP contribution in [0.15, 0.2) is 21.9 Å². The zero-order chi connectivity index (χ0) is 14.6. The van der Waals surface area contributed by atoms with Crippen molar-refractivity contribution >= 4 is 11.9 Å². The van der Waals surface area contributed by atoms with Gasteiger partial charge >= 0.3 is 11.7 Å². The van der Waals surface area contributed by atoms with Gasteiger partial charge in [0, 0.05) is 19.3 Å². The van der Waals surface area contributed by atoms with Crippen LogP contribution in [0.4, 0.5) is 0 Å². The highest BCUT2D eigenvalue weighted by Gasteiger charge is 2.24. The molecule has 0 aliphatic carbocycles. The molecule has 104 valence electrons. The summed E-state index contributed by atoms with van der Waals surface area (Å²) in [4.78, 5) is 48.1. The second kappa shape index (κ2) is 5.98. The van der Waals surface area contributed by atoms with Gasteiger partial charge in [-0.2, -0.15) is 0 Å². The van der Waals surface area contributed by atoms with Crippen molar-refractivity contribution in [1.82, 2.24) is 14.5 Å². The van der Waals surface area contributed by atoms with Crippen molar-refractivity contribution in [2.24, 2.45) is 0 Å². The van der Waals surface area contributed by atoms with Crippen LogP contribution in [0.1, 0.15) is 13.3 Å². The largest absolute Gasteiger partial charge is 0.480 e. The maximum Gasteiger partial charge on any atom is 0.328 e. The lowest BCUT2D eigenvalue weighted by Crippen LogP contribution is -2.44. The molecular formula is C11H15N3O5. The van der Waals surface area contributed by atoms with E-state index in [4.69, 9.17) is 5.11 Å². The fourth-order valence-electron chi connectivity index (χ4n) is 1.61. The summed E-state index contributed by atoms with van der Waals surface area (Å²) in [7, 11) is 1.36. The molecule has 8 heteroatoms. The number of amides is 1. The lowest BCUT2D eigenvalue weighted by Gasteiger charge is -2.23. The summed E-state index contributed by atoms with van der Waals surface area (Å²) in [5.41, 5.74) is -1.27. The second-order valence-corrected chi connectivity index (χ2v) is 4.00. The molecule has 0 aliphatic heterocycles. The fourth-order valence-corrected chi connectivity index (χ4v) is 1.61. The Labute approximate surface area is 108 Å². The fraction of sp³-hybridized carbons (Fsp3) is 0.455. The lowest BCUT2D eigenvalue weighted by molar-refractivity contribution is -0.149. The minimum absolute atomic E-state index is 0.262. The minimum Gasteiger partial charge on any atom is -0.480 e. The minimum atomic E-state index is -1.10. The van der Waals surface area contributed by atoms with E-state index in [0.29, 0.717) is 0 Å². The van der Waals surface area contributed by atoms with Crippen LogP contribution in [0.2, 0.25) is 0 Å². The predicted octanol–water partition coefficient (Wildman–Crippen LogP) is -1.14. The molecule has 1 aromatic rings. The van der Waals surface area contributed by atoms with Crippen molar-refractivity contribution in [3.63, 3.8) is 0 Å². The number of carboxylic acids is 1. The Kier molecular flexibility index (Phi) is 4.62. The van der Waals surface area contributed by atoms with Gasteiger partial charge in [0.2, 0.25) is 5.91 Å². The van der Waals surface area contributed by atoms with Crippen LogP contribution >= 0.6 is 0 Å². The van der Waals surface area contributed by atoms with E-state index < -0.39 is 29.2 Å². The molecule has 0 bridgehead atoms. The van der Waals surface area contributed by atoms with Gasteiger partial charge in [0.1, 0.15) is 12.6 Å². The summed E-state index contributed by atoms with van der Waals surface area (Å²) in [5.74, 6) is -1.63. The summed E-state index contributed by atoms with van der Waals surface area (Å²) in [6.07, 6.45) is 1.45. The zero-order valence-electron chi connectivity index (χ0n) is 10.6. The number of carbonyl (C=O) groups excluding carboxylic acids is 1. The Hall–Kier alpha value is -2.38. The van der Waals surface area contributed by atoms with E-state index in [1.165, 1.54) is 13.2 Å². The third-order valence-electron chi connectivity index (χ3n) is 2.74. The average molecular weight is 269 g/mol. The molecule has 8 nitrogen and oxygen atoms in total. The number of nitrogens with one attached hydrogen (secondary N) is 1. The molecule has 1 aromatic heterocycles. The highest BCUT2D eigenvalue weighted by Crippen LogP contribution is 2.03. The highest BCUT2D eigenvalue weighted by atomic mass is 16.4. The Balaban J connectivity index is 2.87. The summed E-state index contributed by atoms with van der Waals surface area (Å²) in [6.45, 7) is 1.32. The van der Waals surface area contributed by atoms with Crippen molar-refractivity contribution in [2.45, 2.75) is 25.9 Å². The van der Waals surface area contributed by atoms with Crippen LogP contribution in [-0.4, -0.2) is 44.5 Å². The van der Waals surface area contributed by atoms with Crippen LogP contribution in [0.5, 0.6) is 0 Å². The maximum absolute atomic E-state index is 11.9. The number of hydrogen-bond acceptors (Lipinski definition) is 4. The molecule has 2 N–H and O–H groups in total. The quantitative estimate of drug-likeness (QED) is 0.701. The van der Waals surface area contributed by atoms with Gasteiger partial charge < -0.3 is 10.0 Å². The van der Waals surface area contributed by atoms with Gasteiger partial charge in [-0.3, -0.25) is 19.1 Å². The van der Waals surface area contributed by atoms with Crippen LogP contribution in [-0.2, 0) is 16.1 Å². The van der Waals surface area contributed by atoms with Gasteiger partial charge in [0.05, 0.1) is 0 Å². The lowest BCUT2D eigenvalue weighted by atomic mass is 10.2. The average Bonchev–Trinajstić information content (AvgIpc) is 2.32. The number of aromatic amines is 1. The number of H-pyrrole nitrogens is 1. The number of nitrogens with zero attached hydrogens (tertiary/aromatic N) is 2. The molecule has 0 spiro atoms. The third-order valence-corrected chi connectivity index (χ3v) is 2.74. The van der Waals surface area contributed by atoms with E-state index in [0.717, 1.165) is 15.5 Å². The first kappa shape index (κ1) is 14.7. The van der Waals surface area contributed by atoms with Gasteiger partial charge in [-0.05, 0) is 6.42 Å². The number of aliphatic carboxylic acids is 1. The molecule has 0 radical (unpaired) electrons. The van der Waals surface area contributed by atoms with E-state index in [9.17, 15) is 19.2 Å². The first-order chi connectivity index (χ1) is 8.86. The molecule has 0 fully saturated rings. The van der Waals surface area contributed by atoms with Crippen molar-refractivity contribution in [2.75, 3.05) is 7.05 Å². The van der Waals surface area contributed by atoms with Crippen molar-refractivity contribution < 1.29 is 14.7 Å². The highest BCUT2D eigenvalue weighted by molar-refractivity contribution is 5.83. The van der Waals surface area contributed by atoms with E-state index in [1.807, 2.05) is 4.98 Å². The molecular weight excluding hydrogens is 254 g/mol. The van der Waals surface area contributed by atoms with Crippen molar-refractivity contribution in [1.29, 1.82) is 0 Å². The van der Waals surface area contributed by atoms with Crippen LogP contribution < -0.4 is 11.2 Å². The molecule has 1 atom stereocenters. The smallest absolute Gasteiger partial charge is 0.328 e. The van der Waals surface area contributed by atoms with Crippen LogP contribution in [0, 0.1) is 0 Å². The Morgan fingerprint density at radius 2 is 2.11 bits per heavy atom. The first-order valence-corrected chi connectivity index (χ1v) is 5.65. The molecule has 1 heterocycles. The third kappa shape index (κ3) is 3.54. The van der Waals surface area contributed by atoms with Crippen LogP contribution in [0.3, 0.4) is 0 Å². The van der Waals surface area contributed by atoms with Crippen LogP contribution in [0.25, 0.3) is 0 Å². The van der Waals surface area contributed by atoms with E-state index in [-0.39, 0.29) is 13.0 Å². The van der Waals surface area contributed by atoms with Gasteiger partial charge in [-0.1, -0.05) is 6.92 Å². The van der Waals surface area contributed by atoms with Crippen molar-refractivity contribution in [3.8, 4) is 0 Å². The van der Waals surface area contributed by atoms with E-state index in [2.05, 4.69) is 0 Å². The van der Waals surface area contributed by atoms with E-state index in [1.54, 1.807) is 6.92 Å². The van der Waals surface area contributed by atoms with Crippen molar-refractivity contribution in [3.05, 3.63) is 33.1 Å². The number of carboxylic acid groups (broad SMARTS) is 1. The van der Waals surface area contributed by atoms with Gasteiger partial charge in [-0.15, -0.1) is 0 Å². The monoisotopic (exact) mass is 269 g/mol. The summed E-state index contributed by atoms with van der Waals surface area (Å²) in [5, 5.41) is 8.94. The van der Waals surface area contributed by atoms with E-state index >= 15 is 0 Å². The Morgan fingerprint density at radius 3 is 2.58 bits per heavy atom. The zero-order valence-corrected chi connectivity index (χ0v) is 10.6. The number of hydrogen-bond donors (Lipinski definition) is 2. The number of carbonyl (C=O) groups is 2.